The monoisotopic (exact) mass is 262 g/mol. The second-order valence-electron chi connectivity index (χ2n) is 5.27. The third-order valence-electron chi connectivity index (χ3n) is 3.42. The number of nitrogens with two attached hydrogens (primary N) is 1. The van der Waals surface area contributed by atoms with E-state index >= 15 is 0 Å². The second-order valence-corrected chi connectivity index (χ2v) is 5.27. The van der Waals surface area contributed by atoms with E-state index in [0.717, 1.165) is 5.56 Å². The van der Waals surface area contributed by atoms with Gasteiger partial charge in [0.25, 0.3) is 0 Å². The van der Waals surface area contributed by atoms with E-state index in [9.17, 15) is 4.79 Å². The number of rotatable bonds is 3. The predicted octanol–water partition coefficient (Wildman–Crippen LogP) is 1.11. The van der Waals surface area contributed by atoms with Gasteiger partial charge in [0.15, 0.2) is 0 Å². The van der Waals surface area contributed by atoms with Crippen molar-refractivity contribution in [3.8, 4) is 0 Å². The maximum atomic E-state index is 12.3. The fourth-order valence-electron chi connectivity index (χ4n) is 2.37. The van der Waals surface area contributed by atoms with Crippen molar-refractivity contribution in [2.24, 2.45) is 5.73 Å². The molecule has 4 heteroatoms. The van der Waals surface area contributed by atoms with Crippen molar-refractivity contribution in [1.82, 2.24) is 4.90 Å². The summed E-state index contributed by atoms with van der Waals surface area (Å²) in [4.78, 5) is 14.2. The molecule has 1 aliphatic heterocycles. The molecule has 2 atom stereocenters. The molecule has 1 aromatic rings. The molecule has 104 valence electrons. The van der Waals surface area contributed by atoms with Crippen LogP contribution < -0.4 is 5.73 Å². The summed E-state index contributed by atoms with van der Waals surface area (Å²) in [6.07, 6.45) is 0.472. The maximum absolute atomic E-state index is 12.3. The van der Waals surface area contributed by atoms with Crippen LogP contribution >= 0.6 is 0 Å². The Morgan fingerprint density at radius 1 is 1.37 bits per heavy atom. The van der Waals surface area contributed by atoms with Crippen LogP contribution in [0.4, 0.5) is 0 Å². The lowest BCUT2D eigenvalue weighted by Crippen LogP contribution is -2.51. The first-order chi connectivity index (χ1) is 9.08. The minimum absolute atomic E-state index is 0.0364. The minimum Gasteiger partial charge on any atom is -0.370 e. The zero-order valence-electron chi connectivity index (χ0n) is 11.6. The zero-order valence-corrected chi connectivity index (χ0v) is 11.6. The van der Waals surface area contributed by atoms with Crippen LogP contribution in [0.3, 0.4) is 0 Å². The van der Waals surface area contributed by atoms with Gasteiger partial charge in [-0.15, -0.1) is 0 Å². The van der Waals surface area contributed by atoms with E-state index in [1.165, 1.54) is 5.56 Å². The molecule has 0 radical (unpaired) electrons. The molecule has 1 heterocycles. The summed E-state index contributed by atoms with van der Waals surface area (Å²) in [5.41, 5.74) is 7.90. The Labute approximate surface area is 114 Å². The van der Waals surface area contributed by atoms with E-state index in [4.69, 9.17) is 10.5 Å². The van der Waals surface area contributed by atoms with Gasteiger partial charge < -0.3 is 15.4 Å². The molecule has 0 aliphatic carbocycles. The number of benzene rings is 1. The number of nitrogens with zero attached hydrogens (tertiary/aromatic N) is 1. The highest BCUT2D eigenvalue weighted by atomic mass is 16.5. The Bertz CT molecular complexity index is 430. The fourth-order valence-corrected chi connectivity index (χ4v) is 2.37. The molecule has 1 aliphatic rings. The Morgan fingerprint density at radius 3 is 2.68 bits per heavy atom. The van der Waals surface area contributed by atoms with Gasteiger partial charge >= 0.3 is 0 Å². The quantitative estimate of drug-likeness (QED) is 0.888. The Hall–Kier alpha value is -1.39. The van der Waals surface area contributed by atoms with Crippen molar-refractivity contribution in [2.75, 3.05) is 19.6 Å². The van der Waals surface area contributed by atoms with Crippen LogP contribution in [0.25, 0.3) is 0 Å². The molecule has 1 saturated heterocycles. The molecule has 0 bridgehead atoms. The number of aryl methyl sites for hydroxylation is 1. The second kappa shape index (κ2) is 6.17. The van der Waals surface area contributed by atoms with Gasteiger partial charge in [0.1, 0.15) is 0 Å². The summed E-state index contributed by atoms with van der Waals surface area (Å²) in [5, 5.41) is 0. The van der Waals surface area contributed by atoms with Crippen molar-refractivity contribution < 1.29 is 9.53 Å². The van der Waals surface area contributed by atoms with E-state index in [1.807, 2.05) is 43.0 Å². The van der Waals surface area contributed by atoms with E-state index < -0.39 is 0 Å². The first kappa shape index (κ1) is 14.0. The number of carbonyl (C=O) groups excluding carboxylic acids is 1. The van der Waals surface area contributed by atoms with Gasteiger partial charge in [-0.3, -0.25) is 4.79 Å². The molecular weight excluding hydrogens is 240 g/mol. The molecule has 1 amide bonds. The first-order valence-corrected chi connectivity index (χ1v) is 6.77. The third kappa shape index (κ3) is 3.78. The number of hydrogen-bond donors (Lipinski definition) is 1. The van der Waals surface area contributed by atoms with Gasteiger partial charge in [-0.1, -0.05) is 29.8 Å². The summed E-state index contributed by atoms with van der Waals surface area (Å²) in [5.74, 6) is 0.150. The van der Waals surface area contributed by atoms with E-state index in [-0.39, 0.29) is 18.1 Å². The van der Waals surface area contributed by atoms with Crippen LogP contribution in [0.1, 0.15) is 18.1 Å². The van der Waals surface area contributed by atoms with Gasteiger partial charge in [0.05, 0.1) is 18.6 Å². The van der Waals surface area contributed by atoms with Crippen LogP contribution in [0.2, 0.25) is 0 Å². The first-order valence-electron chi connectivity index (χ1n) is 6.77. The number of amides is 1. The summed E-state index contributed by atoms with van der Waals surface area (Å²) >= 11 is 0. The smallest absolute Gasteiger partial charge is 0.227 e. The highest BCUT2D eigenvalue weighted by molar-refractivity contribution is 5.79. The molecular formula is C15H22N2O2. The van der Waals surface area contributed by atoms with Gasteiger partial charge in [-0.05, 0) is 19.4 Å². The molecule has 1 aromatic carbocycles. The Balaban J connectivity index is 1.97. The molecule has 0 saturated carbocycles. The standard InChI is InChI=1S/C15H22N2O2/c1-11-3-5-13(6-4-11)7-15(18)17-9-12(2)19-14(8-16)10-17/h3-6,12,14H,7-10,16H2,1-2H3. The number of hydrogen-bond acceptors (Lipinski definition) is 3. The maximum Gasteiger partial charge on any atom is 0.227 e. The highest BCUT2D eigenvalue weighted by Crippen LogP contribution is 2.13. The van der Waals surface area contributed by atoms with Crippen molar-refractivity contribution in [2.45, 2.75) is 32.5 Å². The molecule has 2 N–H and O–H groups in total. The van der Waals surface area contributed by atoms with Crippen LogP contribution in [0, 0.1) is 6.92 Å². The third-order valence-corrected chi connectivity index (χ3v) is 3.42. The lowest BCUT2D eigenvalue weighted by Gasteiger charge is -2.36. The average molecular weight is 262 g/mol. The molecule has 4 nitrogen and oxygen atoms in total. The molecule has 19 heavy (non-hydrogen) atoms. The minimum atomic E-state index is -0.0364. The van der Waals surface area contributed by atoms with Crippen LogP contribution in [0.15, 0.2) is 24.3 Å². The van der Waals surface area contributed by atoms with Crippen LogP contribution in [-0.4, -0.2) is 42.6 Å². The predicted molar refractivity (Wildman–Crippen MR) is 74.9 cm³/mol. The summed E-state index contributed by atoms with van der Waals surface area (Å²) < 4.78 is 5.66. The highest BCUT2D eigenvalue weighted by Gasteiger charge is 2.27. The van der Waals surface area contributed by atoms with E-state index in [0.29, 0.717) is 26.1 Å². The largest absolute Gasteiger partial charge is 0.370 e. The van der Waals surface area contributed by atoms with E-state index in [2.05, 4.69) is 0 Å². The number of ether oxygens (including phenoxy) is 1. The number of carbonyl (C=O) groups is 1. The van der Waals surface area contributed by atoms with Crippen molar-refractivity contribution in [1.29, 1.82) is 0 Å². The van der Waals surface area contributed by atoms with Crippen molar-refractivity contribution >= 4 is 5.91 Å². The van der Waals surface area contributed by atoms with Gasteiger partial charge in [-0.25, -0.2) is 0 Å². The molecule has 1 fully saturated rings. The van der Waals surface area contributed by atoms with Gasteiger partial charge in [0, 0.05) is 19.6 Å². The molecule has 2 rings (SSSR count). The zero-order chi connectivity index (χ0) is 13.8. The topological polar surface area (TPSA) is 55.6 Å². The lowest BCUT2D eigenvalue weighted by atomic mass is 10.1. The van der Waals surface area contributed by atoms with Gasteiger partial charge in [-0.2, -0.15) is 0 Å². The normalized spacial score (nSPS) is 23.4. The van der Waals surface area contributed by atoms with Gasteiger partial charge in [0.2, 0.25) is 5.91 Å². The lowest BCUT2D eigenvalue weighted by molar-refractivity contribution is -0.142. The SMILES string of the molecule is Cc1ccc(CC(=O)N2CC(C)OC(CN)C2)cc1. The Morgan fingerprint density at radius 2 is 2.05 bits per heavy atom. The fraction of sp³-hybridized carbons (Fsp3) is 0.533. The molecule has 2 unspecified atom stereocenters. The summed E-state index contributed by atoms with van der Waals surface area (Å²) in [7, 11) is 0. The van der Waals surface area contributed by atoms with Crippen LogP contribution in [0.5, 0.6) is 0 Å². The summed E-state index contributed by atoms with van der Waals surface area (Å²) in [6, 6.07) is 8.09. The summed E-state index contributed by atoms with van der Waals surface area (Å²) in [6.45, 7) is 5.74. The van der Waals surface area contributed by atoms with Crippen LogP contribution in [-0.2, 0) is 16.0 Å². The Kier molecular flexibility index (Phi) is 4.56. The van der Waals surface area contributed by atoms with Crippen molar-refractivity contribution in [3.05, 3.63) is 35.4 Å². The molecule has 0 spiro atoms. The average Bonchev–Trinajstić information content (AvgIpc) is 2.40. The van der Waals surface area contributed by atoms with Crippen molar-refractivity contribution in [3.63, 3.8) is 0 Å². The van der Waals surface area contributed by atoms with E-state index in [1.54, 1.807) is 0 Å². The molecule has 0 aromatic heterocycles. The number of morpholine rings is 1.